The molecule has 0 bridgehead atoms. The van der Waals surface area contributed by atoms with Crippen LogP contribution in [0.2, 0.25) is 0 Å². The van der Waals surface area contributed by atoms with Crippen molar-refractivity contribution in [3.63, 3.8) is 0 Å². The third-order valence-corrected chi connectivity index (χ3v) is 3.69. The van der Waals surface area contributed by atoms with Crippen molar-refractivity contribution in [3.8, 4) is 0 Å². The highest BCUT2D eigenvalue weighted by atomic mass is 15.0. The second-order valence-electron chi connectivity index (χ2n) is 5.01. The molecular weight excluding hydrogens is 160 g/mol. The zero-order chi connectivity index (χ0) is 9.26. The van der Waals surface area contributed by atoms with Gasteiger partial charge in [0.25, 0.3) is 0 Å². The van der Waals surface area contributed by atoms with Crippen LogP contribution in [0, 0.1) is 11.8 Å². The Hall–Kier alpha value is -0.0800. The number of hydrogen-bond donors (Lipinski definition) is 2. The van der Waals surface area contributed by atoms with Crippen LogP contribution in [0.1, 0.15) is 33.1 Å². The fourth-order valence-corrected chi connectivity index (χ4v) is 2.53. The van der Waals surface area contributed by atoms with Crippen molar-refractivity contribution in [2.75, 3.05) is 13.1 Å². The van der Waals surface area contributed by atoms with E-state index in [2.05, 4.69) is 24.5 Å². The Labute approximate surface area is 81.5 Å². The van der Waals surface area contributed by atoms with Crippen molar-refractivity contribution in [3.05, 3.63) is 0 Å². The lowest BCUT2D eigenvalue weighted by atomic mass is 9.82. The van der Waals surface area contributed by atoms with Gasteiger partial charge in [0.1, 0.15) is 0 Å². The van der Waals surface area contributed by atoms with E-state index in [1.54, 1.807) is 0 Å². The lowest BCUT2D eigenvalue weighted by Gasteiger charge is -2.34. The van der Waals surface area contributed by atoms with Gasteiger partial charge in [-0.1, -0.05) is 13.8 Å². The molecule has 0 aromatic carbocycles. The topological polar surface area (TPSA) is 24.1 Å². The summed E-state index contributed by atoms with van der Waals surface area (Å²) in [6.45, 7) is 7.09. The molecule has 1 saturated carbocycles. The van der Waals surface area contributed by atoms with Gasteiger partial charge in [-0.2, -0.15) is 0 Å². The number of rotatable bonds is 3. The third kappa shape index (κ3) is 2.23. The highest BCUT2D eigenvalue weighted by Crippen LogP contribution is 2.26. The molecule has 2 aliphatic rings. The summed E-state index contributed by atoms with van der Waals surface area (Å²) in [6.07, 6.45) is 4.13. The smallest absolute Gasteiger partial charge is 0.0218 e. The summed E-state index contributed by atoms with van der Waals surface area (Å²) in [7, 11) is 0. The molecule has 2 atom stereocenters. The van der Waals surface area contributed by atoms with E-state index < -0.39 is 0 Å². The van der Waals surface area contributed by atoms with Gasteiger partial charge in [-0.25, -0.2) is 0 Å². The van der Waals surface area contributed by atoms with Gasteiger partial charge in [0.05, 0.1) is 0 Å². The number of hydrogen-bond acceptors (Lipinski definition) is 2. The maximum absolute atomic E-state index is 3.66. The predicted octanol–water partition coefficient (Wildman–Crippen LogP) is 1.37. The molecule has 2 nitrogen and oxygen atoms in total. The largest absolute Gasteiger partial charge is 0.312 e. The van der Waals surface area contributed by atoms with E-state index in [9.17, 15) is 0 Å². The quantitative estimate of drug-likeness (QED) is 0.689. The Morgan fingerprint density at radius 1 is 1.31 bits per heavy atom. The van der Waals surface area contributed by atoms with Crippen molar-refractivity contribution >= 4 is 0 Å². The van der Waals surface area contributed by atoms with Crippen LogP contribution >= 0.6 is 0 Å². The standard InChI is InChI=1S/C11H22N2/c1-8-5-10(6-8)13-7-11-9(2)3-4-12-11/h8-13H,3-7H2,1-2H3. The van der Waals surface area contributed by atoms with E-state index in [0.29, 0.717) is 0 Å². The summed E-state index contributed by atoms with van der Waals surface area (Å²) in [5, 5.41) is 7.22. The Balaban J connectivity index is 1.62. The molecule has 2 heteroatoms. The van der Waals surface area contributed by atoms with Gasteiger partial charge in [-0.15, -0.1) is 0 Å². The van der Waals surface area contributed by atoms with Crippen LogP contribution < -0.4 is 10.6 Å². The molecule has 2 rings (SSSR count). The minimum atomic E-state index is 0.732. The van der Waals surface area contributed by atoms with Crippen molar-refractivity contribution in [1.82, 2.24) is 10.6 Å². The van der Waals surface area contributed by atoms with E-state index in [0.717, 1.165) is 23.9 Å². The lowest BCUT2D eigenvalue weighted by molar-refractivity contribution is 0.232. The van der Waals surface area contributed by atoms with Crippen LogP contribution in [0.3, 0.4) is 0 Å². The molecule has 1 aliphatic carbocycles. The van der Waals surface area contributed by atoms with Gasteiger partial charge in [0, 0.05) is 18.6 Å². The molecule has 76 valence electrons. The first-order valence-electron chi connectivity index (χ1n) is 5.72. The summed E-state index contributed by atoms with van der Waals surface area (Å²) >= 11 is 0. The molecule has 1 aliphatic heterocycles. The minimum absolute atomic E-state index is 0.732. The Bertz CT molecular complexity index is 163. The van der Waals surface area contributed by atoms with E-state index in [-0.39, 0.29) is 0 Å². The molecule has 0 aromatic rings. The zero-order valence-corrected chi connectivity index (χ0v) is 8.84. The van der Waals surface area contributed by atoms with Crippen molar-refractivity contribution in [1.29, 1.82) is 0 Å². The van der Waals surface area contributed by atoms with Gasteiger partial charge in [-0.05, 0) is 37.6 Å². The van der Waals surface area contributed by atoms with E-state index in [1.165, 1.54) is 32.4 Å². The average molecular weight is 182 g/mol. The lowest BCUT2D eigenvalue weighted by Crippen LogP contribution is -2.46. The Morgan fingerprint density at radius 3 is 2.62 bits per heavy atom. The molecule has 1 heterocycles. The summed E-state index contributed by atoms with van der Waals surface area (Å²) in [5.74, 6) is 1.83. The van der Waals surface area contributed by atoms with Crippen molar-refractivity contribution < 1.29 is 0 Å². The summed E-state index contributed by atoms with van der Waals surface area (Å²) < 4.78 is 0. The van der Waals surface area contributed by atoms with Gasteiger partial charge >= 0.3 is 0 Å². The fourth-order valence-electron chi connectivity index (χ4n) is 2.53. The van der Waals surface area contributed by atoms with Crippen LogP contribution in [0.5, 0.6) is 0 Å². The first kappa shape index (κ1) is 9.47. The van der Waals surface area contributed by atoms with Crippen LogP contribution in [0.4, 0.5) is 0 Å². The van der Waals surface area contributed by atoms with Gasteiger partial charge in [0.2, 0.25) is 0 Å². The second-order valence-corrected chi connectivity index (χ2v) is 5.01. The summed E-state index contributed by atoms with van der Waals surface area (Å²) in [6, 6.07) is 1.56. The molecule has 2 fully saturated rings. The molecule has 13 heavy (non-hydrogen) atoms. The van der Waals surface area contributed by atoms with E-state index >= 15 is 0 Å². The molecule has 0 amide bonds. The predicted molar refractivity (Wildman–Crippen MR) is 55.8 cm³/mol. The summed E-state index contributed by atoms with van der Waals surface area (Å²) in [4.78, 5) is 0. The van der Waals surface area contributed by atoms with E-state index in [1.807, 2.05) is 0 Å². The first-order valence-corrected chi connectivity index (χ1v) is 5.72. The molecule has 1 saturated heterocycles. The SMILES string of the molecule is CC1CC(NCC2NCCC2C)C1. The number of nitrogens with one attached hydrogen (secondary N) is 2. The van der Waals surface area contributed by atoms with Gasteiger partial charge in [0.15, 0.2) is 0 Å². The van der Waals surface area contributed by atoms with Crippen LogP contribution in [-0.4, -0.2) is 25.2 Å². The fraction of sp³-hybridized carbons (Fsp3) is 1.00. The zero-order valence-electron chi connectivity index (χ0n) is 8.84. The van der Waals surface area contributed by atoms with Crippen molar-refractivity contribution in [2.45, 2.75) is 45.2 Å². The van der Waals surface area contributed by atoms with Gasteiger partial charge < -0.3 is 10.6 Å². The van der Waals surface area contributed by atoms with E-state index in [4.69, 9.17) is 0 Å². The minimum Gasteiger partial charge on any atom is -0.312 e. The molecule has 0 aromatic heterocycles. The molecule has 0 radical (unpaired) electrons. The van der Waals surface area contributed by atoms with Crippen LogP contribution in [0.25, 0.3) is 0 Å². The highest BCUT2D eigenvalue weighted by Gasteiger charge is 2.27. The third-order valence-electron chi connectivity index (χ3n) is 3.69. The first-order chi connectivity index (χ1) is 6.25. The molecule has 0 spiro atoms. The maximum atomic E-state index is 3.66. The Morgan fingerprint density at radius 2 is 2.08 bits per heavy atom. The molecule has 2 unspecified atom stereocenters. The average Bonchev–Trinajstić information content (AvgIpc) is 2.43. The molecule has 2 N–H and O–H groups in total. The molecular formula is C11H22N2. The maximum Gasteiger partial charge on any atom is 0.0218 e. The monoisotopic (exact) mass is 182 g/mol. The van der Waals surface area contributed by atoms with Crippen molar-refractivity contribution in [2.24, 2.45) is 11.8 Å². The Kier molecular flexibility index (Phi) is 2.89. The normalized spacial score (nSPS) is 44.8. The summed E-state index contributed by atoms with van der Waals surface area (Å²) in [5.41, 5.74) is 0. The highest BCUT2D eigenvalue weighted by molar-refractivity contribution is 4.87. The van der Waals surface area contributed by atoms with Gasteiger partial charge in [-0.3, -0.25) is 0 Å². The van der Waals surface area contributed by atoms with Crippen LogP contribution in [-0.2, 0) is 0 Å². The second kappa shape index (κ2) is 3.97. The van der Waals surface area contributed by atoms with Crippen LogP contribution in [0.15, 0.2) is 0 Å².